The Morgan fingerprint density at radius 2 is 1.90 bits per heavy atom. The minimum atomic E-state index is 0.629. The smallest absolute Gasteiger partial charge is 0.0480 e. The van der Waals surface area contributed by atoms with Crippen molar-refractivity contribution in [1.29, 1.82) is 0 Å². The van der Waals surface area contributed by atoms with Crippen LogP contribution < -0.4 is 4.90 Å². The number of rotatable bonds is 2. The molecule has 2 aliphatic rings. The van der Waals surface area contributed by atoms with Gasteiger partial charge in [0.2, 0.25) is 0 Å². The van der Waals surface area contributed by atoms with Crippen LogP contribution in [-0.2, 0) is 13.0 Å². The van der Waals surface area contributed by atoms with Gasteiger partial charge in [-0.15, -0.1) is 0 Å². The second kappa shape index (κ2) is 5.06. The molecule has 3 heteroatoms. The molecule has 21 heavy (non-hydrogen) atoms. The predicted molar refractivity (Wildman–Crippen MR) is 89.0 cm³/mol. The average molecular weight is 283 g/mol. The molecule has 2 aliphatic heterocycles. The van der Waals surface area contributed by atoms with Crippen molar-refractivity contribution >= 4 is 16.6 Å². The largest absolute Gasteiger partial charge is 0.371 e. The highest BCUT2D eigenvalue weighted by Crippen LogP contribution is 2.31. The number of hydrogen-bond donors (Lipinski definition) is 1. The van der Waals surface area contributed by atoms with E-state index >= 15 is 0 Å². The fourth-order valence-corrected chi connectivity index (χ4v) is 3.87. The summed E-state index contributed by atoms with van der Waals surface area (Å²) in [6.45, 7) is 9.27. The standard InChI is InChI=1S/C18H25N3/c1-13(2)21-10-7-16-15-6-5-14(20-8-3-4-9-20)11-17(15)19-18(16)12-21/h5-6,11,13,19H,3-4,7-10,12H2,1-2H3. The zero-order chi connectivity index (χ0) is 14.4. The fraction of sp³-hybridized carbons (Fsp3) is 0.556. The lowest BCUT2D eigenvalue weighted by Gasteiger charge is -2.30. The van der Waals surface area contributed by atoms with Gasteiger partial charge in [-0.1, -0.05) is 6.07 Å². The van der Waals surface area contributed by atoms with Gasteiger partial charge in [-0.2, -0.15) is 0 Å². The summed E-state index contributed by atoms with van der Waals surface area (Å²) in [5, 5.41) is 1.44. The molecule has 0 bridgehead atoms. The molecule has 0 spiro atoms. The van der Waals surface area contributed by atoms with Gasteiger partial charge in [-0.3, -0.25) is 4.90 Å². The maximum atomic E-state index is 3.70. The van der Waals surface area contributed by atoms with Gasteiger partial charge >= 0.3 is 0 Å². The lowest BCUT2D eigenvalue weighted by molar-refractivity contribution is 0.201. The van der Waals surface area contributed by atoms with Gasteiger partial charge in [-0.25, -0.2) is 0 Å². The maximum Gasteiger partial charge on any atom is 0.0480 e. The lowest BCUT2D eigenvalue weighted by atomic mass is 10.0. The summed E-state index contributed by atoms with van der Waals surface area (Å²) in [6, 6.07) is 7.64. The van der Waals surface area contributed by atoms with E-state index in [1.54, 1.807) is 5.56 Å². The van der Waals surface area contributed by atoms with Crippen molar-refractivity contribution < 1.29 is 0 Å². The third kappa shape index (κ3) is 2.24. The van der Waals surface area contributed by atoms with E-state index in [1.165, 1.54) is 61.2 Å². The van der Waals surface area contributed by atoms with Crippen molar-refractivity contribution in [3.63, 3.8) is 0 Å². The van der Waals surface area contributed by atoms with E-state index in [4.69, 9.17) is 0 Å². The first-order valence-corrected chi connectivity index (χ1v) is 8.35. The van der Waals surface area contributed by atoms with Crippen molar-refractivity contribution in [3.8, 4) is 0 Å². The third-order valence-electron chi connectivity index (χ3n) is 5.19. The Balaban J connectivity index is 1.70. The van der Waals surface area contributed by atoms with E-state index in [9.17, 15) is 0 Å². The summed E-state index contributed by atoms with van der Waals surface area (Å²) in [5.41, 5.74) is 5.70. The summed E-state index contributed by atoms with van der Waals surface area (Å²) >= 11 is 0. The van der Waals surface area contributed by atoms with Crippen molar-refractivity contribution in [1.82, 2.24) is 9.88 Å². The number of aromatic nitrogens is 1. The number of benzene rings is 1. The van der Waals surface area contributed by atoms with Crippen LogP contribution in [0.5, 0.6) is 0 Å². The van der Waals surface area contributed by atoms with Crippen LogP contribution >= 0.6 is 0 Å². The zero-order valence-electron chi connectivity index (χ0n) is 13.2. The van der Waals surface area contributed by atoms with Crippen molar-refractivity contribution in [2.75, 3.05) is 24.5 Å². The fourth-order valence-electron chi connectivity index (χ4n) is 3.87. The highest BCUT2D eigenvalue weighted by Gasteiger charge is 2.22. The molecule has 0 amide bonds. The average Bonchev–Trinajstić information content (AvgIpc) is 3.13. The van der Waals surface area contributed by atoms with E-state index in [2.05, 4.69) is 46.8 Å². The summed E-state index contributed by atoms with van der Waals surface area (Å²) < 4.78 is 0. The van der Waals surface area contributed by atoms with E-state index in [1.807, 2.05) is 0 Å². The molecule has 1 fully saturated rings. The van der Waals surface area contributed by atoms with Crippen molar-refractivity contribution in [2.24, 2.45) is 0 Å². The number of fused-ring (bicyclic) bond motifs is 3. The SMILES string of the molecule is CC(C)N1CCc2c([nH]c3cc(N4CCCC4)ccc23)C1. The molecule has 1 aromatic carbocycles. The zero-order valence-corrected chi connectivity index (χ0v) is 13.2. The molecule has 3 heterocycles. The van der Waals surface area contributed by atoms with Crippen LogP contribution in [0, 0.1) is 0 Å². The van der Waals surface area contributed by atoms with Crippen LogP contribution in [0.4, 0.5) is 5.69 Å². The first kappa shape index (κ1) is 13.2. The van der Waals surface area contributed by atoms with Crippen molar-refractivity contribution in [2.45, 2.75) is 45.7 Å². The van der Waals surface area contributed by atoms with E-state index < -0.39 is 0 Å². The summed E-state index contributed by atoms with van der Waals surface area (Å²) in [5.74, 6) is 0. The minimum Gasteiger partial charge on any atom is -0.371 e. The molecule has 0 radical (unpaired) electrons. The molecule has 0 atom stereocenters. The lowest BCUT2D eigenvalue weighted by Crippen LogP contribution is -2.35. The number of hydrogen-bond acceptors (Lipinski definition) is 2. The molecular formula is C18H25N3. The molecule has 1 N–H and O–H groups in total. The van der Waals surface area contributed by atoms with Crippen LogP contribution in [0.1, 0.15) is 37.9 Å². The van der Waals surface area contributed by atoms with E-state index in [0.29, 0.717) is 6.04 Å². The van der Waals surface area contributed by atoms with Gasteiger partial charge in [-0.05, 0) is 50.8 Å². The molecular weight excluding hydrogens is 258 g/mol. The molecule has 3 nitrogen and oxygen atoms in total. The predicted octanol–water partition coefficient (Wildman–Crippen LogP) is 3.53. The van der Waals surface area contributed by atoms with Gasteiger partial charge in [0.05, 0.1) is 0 Å². The Hall–Kier alpha value is -1.48. The number of anilines is 1. The van der Waals surface area contributed by atoms with Gasteiger partial charge in [0.1, 0.15) is 0 Å². The second-order valence-corrected chi connectivity index (χ2v) is 6.82. The summed E-state index contributed by atoms with van der Waals surface area (Å²) in [6.07, 6.45) is 3.85. The Kier molecular flexibility index (Phi) is 3.18. The third-order valence-corrected chi connectivity index (χ3v) is 5.19. The molecule has 0 aliphatic carbocycles. The maximum absolute atomic E-state index is 3.70. The Morgan fingerprint density at radius 3 is 2.67 bits per heavy atom. The highest BCUT2D eigenvalue weighted by molar-refractivity contribution is 5.88. The molecule has 1 saturated heterocycles. The molecule has 0 unspecified atom stereocenters. The van der Waals surface area contributed by atoms with Crippen LogP contribution in [0.15, 0.2) is 18.2 Å². The second-order valence-electron chi connectivity index (χ2n) is 6.82. The molecule has 2 aromatic rings. The van der Waals surface area contributed by atoms with Crippen LogP contribution in [-0.4, -0.2) is 35.6 Å². The van der Waals surface area contributed by atoms with Gasteiger partial charge in [0.25, 0.3) is 0 Å². The molecule has 0 saturated carbocycles. The Bertz CT molecular complexity index is 650. The normalized spacial score (nSPS) is 19.7. The van der Waals surface area contributed by atoms with Gasteiger partial charge < -0.3 is 9.88 Å². The Morgan fingerprint density at radius 1 is 1.10 bits per heavy atom. The first-order chi connectivity index (χ1) is 10.2. The van der Waals surface area contributed by atoms with Crippen LogP contribution in [0.2, 0.25) is 0 Å². The monoisotopic (exact) mass is 283 g/mol. The number of nitrogens with zero attached hydrogens (tertiary/aromatic N) is 2. The quantitative estimate of drug-likeness (QED) is 0.911. The number of aromatic amines is 1. The van der Waals surface area contributed by atoms with Crippen molar-refractivity contribution in [3.05, 3.63) is 29.5 Å². The highest BCUT2D eigenvalue weighted by atomic mass is 15.2. The summed E-state index contributed by atoms with van der Waals surface area (Å²) in [7, 11) is 0. The molecule has 112 valence electrons. The molecule has 1 aromatic heterocycles. The Labute approximate surface area is 126 Å². The molecule has 4 rings (SSSR count). The van der Waals surface area contributed by atoms with Gasteiger partial charge in [0, 0.05) is 54.5 Å². The van der Waals surface area contributed by atoms with Crippen LogP contribution in [0.3, 0.4) is 0 Å². The van der Waals surface area contributed by atoms with E-state index in [0.717, 1.165) is 6.54 Å². The van der Waals surface area contributed by atoms with Gasteiger partial charge in [0.15, 0.2) is 0 Å². The summed E-state index contributed by atoms with van der Waals surface area (Å²) in [4.78, 5) is 8.76. The first-order valence-electron chi connectivity index (χ1n) is 8.35. The minimum absolute atomic E-state index is 0.629. The van der Waals surface area contributed by atoms with Crippen LogP contribution in [0.25, 0.3) is 10.9 Å². The topological polar surface area (TPSA) is 22.3 Å². The van der Waals surface area contributed by atoms with E-state index in [-0.39, 0.29) is 0 Å². The number of H-pyrrole nitrogens is 1. The number of nitrogens with one attached hydrogen (secondary N) is 1.